The largest absolute Gasteiger partial charge is 0.332 e. The van der Waals surface area contributed by atoms with E-state index in [1.807, 2.05) is 30.3 Å². The van der Waals surface area contributed by atoms with E-state index >= 15 is 0 Å². The van der Waals surface area contributed by atoms with E-state index in [9.17, 15) is 9.59 Å². The van der Waals surface area contributed by atoms with Gasteiger partial charge in [-0.15, -0.1) is 21.5 Å². The lowest BCUT2D eigenvalue weighted by molar-refractivity contribution is -0.126. The summed E-state index contributed by atoms with van der Waals surface area (Å²) >= 11 is 2.86. The normalized spacial score (nSPS) is 14.5. The molecule has 4 rings (SSSR count). The molecule has 0 radical (unpaired) electrons. The van der Waals surface area contributed by atoms with Gasteiger partial charge >= 0.3 is 0 Å². The molecule has 33 heavy (non-hydrogen) atoms. The Morgan fingerprint density at radius 3 is 2.52 bits per heavy atom. The van der Waals surface area contributed by atoms with Gasteiger partial charge in [-0.05, 0) is 25.0 Å². The fraction of sp³-hybridized carbons (Fsp3) is 0.375. The van der Waals surface area contributed by atoms with Crippen LogP contribution in [0, 0.1) is 11.8 Å². The van der Waals surface area contributed by atoms with Gasteiger partial charge in [0, 0.05) is 41.3 Å². The Hall–Kier alpha value is -3.09. The molecule has 0 atom stereocenters. The number of anilines is 1. The first-order chi connectivity index (χ1) is 15.8. The number of carbonyl (C=O) groups is 2. The lowest BCUT2D eigenvalue weighted by atomic mass is 9.97. The van der Waals surface area contributed by atoms with Crippen LogP contribution in [-0.2, 0) is 10.2 Å². The second-order valence-electron chi connectivity index (χ2n) is 8.87. The summed E-state index contributed by atoms with van der Waals surface area (Å²) < 4.78 is 0. The number of benzene rings is 1. The Labute approximate surface area is 201 Å². The number of carbonyl (C=O) groups excluding carboxylic acids is 2. The standard InChI is InChI=1S/C24H25N5O2S2/c1-24(2,3)22-27-28-23(33-22)26-20(31)18-15-32-21(25-18)17-11-13-29(14-12-17)19(30)10-9-16-7-5-4-6-8-16/h4-8,15,17H,11-14H2,1-3H3,(H,26,28,31). The molecule has 3 heterocycles. The molecule has 2 aromatic heterocycles. The Kier molecular flexibility index (Phi) is 6.86. The average molecular weight is 480 g/mol. The van der Waals surface area contributed by atoms with E-state index < -0.39 is 0 Å². The van der Waals surface area contributed by atoms with Crippen LogP contribution in [0.4, 0.5) is 5.13 Å². The van der Waals surface area contributed by atoms with E-state index in [0.717, 1.165) is 28.4 Å². The second-order valence-corrected chi connectivity index (χ2v) is 10.7. The van der Waals surface area contributed by atoms with E-state index in [0.29, 0.717) is 23.9 Å². The number of piperidine rings is 1. The molecule has 1 aliphatic rings. The number of amides is 2. The lowest BCUT2D eigenvalue weighted by Gasteiger charge is -2.29. The van der Waals surface area contributed by atoms with Gasteiger partial charge in [-0.25, -0.2) is 4.98 Å². The minimum absolute atomic E-state index is 0.113. The highest BCUT2D eigenvalue weighted by Crippen LogP contribution is 2.31. The molecule has 7 nitrogen and oxygen atoms in total. The molecule has 3 aromatic rings. The maximum absolute atomic E-state index is 12.6. The second kappa shape index (κ2) is 9.81. The number of likely N-dealkylation sites (tertiary alicyclic amines) is 1. The lowest BCUT2D eigenvalue weighted by Crippen LogP contribution is -2.37. The van der Waals surface area contributed by atoms with Crippen molar-refractivity contribution in [1.29, 1.82) is 0 Å². The molecular formula is C24H25N5O2S2. The summed E-state index contributed by atoms with van der Waals surface area (Å²) in [7, 11) is 0. The van der Waals surface area contributed by atoms with Gasteiger partial charge in [-0.1, -0.05) is 56.2 Å². The zero-order valence-electron chi connectivity index (χ0n) is 18.8. The molecule has 0 aliphatic carbocycles. The van der Waals surface area contributed by atoms with Crippen LogP contribution in [0.15, 0.2) is 35.7 Å². The van der Waals surface area contributed by atoms with Crippen LogP contribution in [0.5, 0.6) is 0 Å². The zero-order valence-corrected chi connectivity index (χ0v) is 20.4. The smallest absolute Gasteiger partial charge is 0.298 e. The minimum Gasteiger partial charge on any atom is -0.332 e. The van der Waals surface area contributed by atoms with Crippen molar-refractivity contribution in [2.75, 3.05) is 18.4 Å². The summed E-state index contributed by atoms with van der Waals surface area (Å²) in [5.74, 6) is 5.47. The Morgan fingerprint density at radius 2 is 1.85 bits per heavy atom. The highest BCUT2D eigenvalue weighted by molar-refractivity contribution is 7.15. The molecule has 9 heteroatoms. The van der Waals surface area contributed by atoms with Crippen molar-refractivity contribution in [2.45, 2.75) is 44.9 Å². The molecule has 1 fully saturated rings. The topological polar surface area (TPSA) is 88.1 Å². The van der Waals surface area contributed by atoms with Crippen molar-refractivity contribution in [2.24, 2.45) is 0 Å². The SMILES string of the molecule is CC(C)(C)c1nnc(NC(=O)c2csc(C3CCN(C(=O)C#Cc4ccccc4)CC3)n2)s1. The number of hydrogen-bond donors (Lipinski definition) is 1. The third-order valence-electron chi connectivity index (χ3n) is 5.26. The molecule has 170 valence electrons. The molecule has 1 saturated heterocycles. The van der Waals surface area contributed by atoms with Crippen molar-refractivity contribution in [1.82, 2.24) is 20.1 Å². The average Bonchev–Trinajstić information content (AvgIpc) is 3.48. The molecule has 1 aromatic carbocycles. The summed E-state index contributed by atoms with van der Waals surface area (Å²) in [5.41, 5.74) is 1.10. The maximum atomic E-state index is 12.6. The Bertz CT molecular complexity index is 1190. The number of nitrogens with zero attached hydrogens (tertiary/aromatic N) is 4. The summed E-state index contributed by atoms with van der Waals surface area (Å²) in [4.78, 5) is 31.4. The van der Waals surface area contributed by atoms with Crippen LogP contribution in [0.2, 0.25) is 0 Å². The van der Waals surface area contributed by atoms with E-state index in [4.69, 9.17) is 0 Å². The fourth-order valence-corrected chi connectivity index (χ4v) is 5.14. The Morgan fingerprint density at radius 1 is 1.12 bits per heavy atom. The van der Waals surface area contributed by atoms with Gasteiger partial charge in [-0.2, -0.15) is 0 Å². The fourth-order valence-electron chi connectivity index (χ4n) is 3.37. The van der Waals surface area contributed by atoms with E-state index in [-0.39, 0.29) is 23.1 Å². The molecule has 1 aliphatic heterocycles. The first-order valence-corrected chi connectivity index (χ1v) is 12.5. The van der Waals surface area contributed by atoms with Gasteiger partial charge in [0.05, 0.1) is 5.01 Å². The van der Waals surface area contributed by atoms with Gasteiger partial charge in [-0.3, -0.25) is 14.9 Å². The van der Waals surface area contributed by atoms with Crippen LogP contribution in [0.25, 0.3) is 0 Å². The summed E-state index contributed by atoms with van der Waals surface area (Å²) in [6.45, 7) is 7.44. The number of nitrogens with one attached hydrogen (secondary N) is 1. The summed E-state index contributed by atoms with van der Waals surface area (Å²) in [6, 6.07) is 9.50. The van der Waals surface area contributed by atoms with Crippen molar-refractivity contribution in [3.05, 3.63) is 57.0 Å². The number of aromatic nitrogens is 3. The molecule has 0 spiro atoms. The molecule has 1 N–H and O–H groups in total. The van der Waals surface area contributed by atoms with Crippen LogP contribution >= 0.6 is 22.7 Å². The minimum atomic E-state index is -0.280. The van der Waals surface area contributed by atoms with Crippen molar-refractivity contribution < 1.29 is 9.59 Å². The molecule has 0 unspecified atom stereocenters. The summed E-state index contributed by atoms with van der Waals surface area (Å²) in [6.07, 6.45) is 1.61. The first-order valence-electron chi connectivity index (χ1n) is 10.8. The van der Waals surface area contributed by atoms with Crippen molar-refractivity contribution in [3.63, 3.8) is 0 Å². The zero-order chi connectivity index (χ0) is 23.4. The van der Waals surface area contributed by atoms with Crippen LogP contribution < -0.4 is 5.32 Å². The van der Waals surface area contributed by atoms with Gasteiger partial charge in [0.25, 0.3) is 11.8 Å². The number of thiazole rings is 1. The first kappa shape index (κ1) is 23.1. The molecule has 2 amide bonds. The van der Waals surface area contributed by atoms with Crippen LogP contribution in [0.1, 0.15) is 65.6 Å². The molecular weight excluding hydrogens is 454 g/mol. The molecule has 0 bridgehead atoms. The van der Waals surface area contributed by atoms with E-state index in [1.165, 1.54) is 22.7 Å². The molecule has 0 saturated carbocycles. The quantitative estimate of drug-likeness (QED) is 0.566. The van der Waals surface area contributed by atoms with Gasteiger partial charge in [0.1, 0.15) is 10.7 Å². The third kappa shape index (κ3) is 5.83. The predicted molar refractivity (Wildman–Crippen MR) is 131 cm³/mol. The van der Waals surface area contributed by atoms with Crippen LogP contribution in [0.3, 0.4) is 0 Å². The number of rotatable bonds is 3. The van der Waals surface area contributed by atoms with Gasteiger partial charge in [0.15, 0.2) is 0 Å². The van der Waals surface area contributed by atoms with Crippen molar-refractivity contribution >= 4 is 39.6 Å². The predicted octanol–water partition coefficient (Wildman–Crippen LogP) is 4.30. The van der Waals surface area contributed by atoms with E-state index in [1.54, 1.807) is 10.3 Å². The van der Waals surface area contributed by atoms with Gasteiger partial charge < -0.3 is 4.90 Å². The highest BCUT2D eigenvalue weighted by Gasteiger charge is 2.26. The summed E-state index contributed by atoms with van der Waals surface area (Å²) in [5, 5.41) is 15.1. The third-order valence-corrected chi connectivity index (χ3v) is 7.53. The Balaban J connectivity index is 1.31. The highest BCUT2D eigenvalue weighted by atomic mass is 32.1. The number of hydrogen-bond acceptors (Lipinski definition) is 7. The van der Waals surface area contributed by atoms with E-state index in [2.05, 4.69) is 53.1 Å². The maximum Gasteiger partial charge on any atom is 0.298 e. The van der Waals surface area contributed by atoms with Gasteiger partial charge in [0.2, 0.25) is 5.13 Å². The monoisotopic (exact) mass is 479 g/mol. The van der Waals surface area contributed by atoms with Crippen molar-refractivity contribution in [3.8, 4) is 11.8 Å². The van der Waals surface area contributed by atoms with Crippen LogP contribution in [-0.4, -0.2) is 45.0 Å².